The summed E-state index contributed by atoms with van der Waals surface area (Å²) in [5, 5.41) is 2.06. The van der Waals surface area contributed by atoms with Gasteiger partial charge in [0.2, 0.25) is 0 Å². The lowest BCUT2D eigenvalue weighted by Gasteiger charge is -2.45. The van der Waals surface area contributed by atoms with Gasteiger partial charge in [0.05, 0.1) is 25.8 Å². The van der Waals surface area contributed by atoms with Crippen LogP contribution in [-0.4, -0.2) is 61.3 Å². The Hall–Kier alpha value is -1.73. The maximum Gasteiger partial charge on any atom is 0.254 e. The molecule has 0 spiro atoms. The molecule has 1 saturated carbocycles. The van der Waals surface area contributed by atoms with Gasteiger partial charge in [0.15, 0.2) is 6.10 Å². The number of hydrogen-bond acceptors (Lipinski definition) is 5. The summed E-state index contributed by atoms with van der Waals surface area (Å²) in [6, 6.07) is 15.1. The van der Waals surface area contributed by atoms with Gasteiger partial charge in [-0.25, -0.2) is 0 Å². The van der Waals surface area contributed by atoms with Crippen LogP contribution in [0.2, 0.25) is 0 Å². The van der Waals surface area contributed by atoms with E-state index in [0.717, 1.165) is 6.54 Å². The molecule has 0 bridgehead atoms. The van der Waals surface area contributed by atoms with Gasteiger partial charge in [0.1, 0.15) is 0 Å². The van der Waals surface area contributed by atoms with E-state index in [0.29, 0.717) is 32.3 Å². The van der Waals surface area contributed by atoms with E-state index < -0.39 is 6.10 Å². The van der Waals surface area contributed by atoms with Gasteiger partial charge in [0.25, 0.3) is 5.91 Å². The van der Waals surface area contributed by atoms with E-state index in [2.05, 4.69) is 40.6 Å². The third-order valence-electron chi connectivity index (χ3n) is 6.27. The maximum atomic E-state index is 13.8. The fraction of sp³-hybridized carbons (Fsp3) is 0.542. The van der Waals surface area contributed by atoms with Crippen molar-refractivity contribution in [2.24, 2.45) is 0 Å². The zero-order valence-electron chi connectivity index (χ0n) is 17.7. The Balaban J connectivity index is 1.61. The molecule has 0 N–H and O–H groups in total. The number of carbonyl (C=O) groups excluding carboxylic acids is 1. The van der Waals surface area contributed by atoms with Gasteiger partial charge in [-0.2, -0.15) is 0 Å². The predicted molar refractivity (Wildman–Crippen MR) is 119 cm³/mol. The summed E-state index contributed by atoms with van der Waals surface area (Å²) in [7, 11) is 1.68. The molecule has 30 heavy (non-hydrogen) atoms. The average molecular weight is 429 g/mol. The fourth-order valence-electron chi connectivity index (χ4n) is 4.80. The Kier molecular flexibility index (Phi) is 7.55. The lowest BCUT2D eigenvalue weighted by atomic mass is 9.94. The number of nitrogens with zero attached hydrogens (tertiary/aromatic N) is 2. The molecule has 5 nitrogen and oxygen atoms in total. The highest BCUT2D eigenvalue weighted by Crippen LogP contribution is 2.37. The van der Waals surface area contributed by atoms with Crippen LogP contribution in [0.5, 0.6) is 0 Å². The average Bonchev–Trinajstić information content (AvgIpc) is 3.50. The smallest absolute Gasteiger partial charge is 0.254 e. The summed E-state index contributed by atoms with van der Waals surface area (Å²) in [5.74, 6) is 0.0667. The summed E-state index contributed by atoms with van der Waals surface area (Å²) in [6.45, 7) is 3.18. The number of hydrogen-bond donors (Lipinski definition) is 0. The molecule has 1 aromatic heterocycles. The molecule has 2 fully saturated rings. The molecule has 1 amide bonds. The highest BCUT2D eigenvalue weighted by atomic mass is 32.1. The summed E-state index contributed by atoms with van der Waals surface area (Å²) < 4.78 is 11.5. The molecular weight excluding hydrogens is 396 g/mol. The Morgan fingerprint density at radius 2 is 2.00 bits per heavy atom. The fourth-order valence-corrected chi connectivity index (χ4v) is 5.52. The highest BCUT2D eigenvalue weighted by molar-refractivity contribution is 7.09. The Morgan fingerprint density at radius 1 is 1.20 bits per heavy atom. The first-order chi connectivity index (χ1) is 14.8. The van der Waals surface area contributed by atoms with Crippen LogP contribution in [0.4, 0.5) is 0 Å². The molecule has 2 heterocycles. The second-order valence-corrected chi connectivity index (χ2v) is 9.19. The topological polar surface area (TPSA) is 42.0 Å². The molecule has 1 saturated heterocycles. The van der Waals surface area contributed by atoms with Crippen LogP contribution in [-0.2, 0) is 20.8 Å². The molecule has 2 atom stereocenters. The van der Waals surface area contributed by atoms with Crippen molar-refractivity contribution in [1.29, 1.82) is 0 Å². The molecule has 0 unspecified atom stereocenters. The van der Waals surface area contributed by atoms with Gasteiger partial charge in [0, 0.05) is 31.1 Å². The number of carbonyl (C=O) groups is 1. The zero-order valence-corrected chi connectivity index (χ0v) is 18.6. The Labute approximate surface area is 183 Å². The SMILES string of the molecule is COCCN(Cc1cccs1)C(=O)[C@@H]1OCCN(C2CCCC2)[C@H]1c1ccccc1. The summed E-state index contributed by atoms with van der Waals surface area (Å²) in [4.78, 5) is 19.4. The van der Waals surface area contributed by atoms with Crippen molar-refractivity contribution in [1.82, 2.24) is 9.80 Å². The van der Waals surface area contributed by atoms with E-state index in [1.54, 1.807) is 18.4 Å². The first-order valence-electron chi connectivity index (χ1n) is 11.0. The zero-order chi connectivity index (χ0) is 20.8. The third kappa shape index (κ3) is 4.94. The molecule has 6 heteroatoms. The minimum Gasteiger partial charge on any atom is -0.383 e. The van der Waals surface area contributed by atoms with Gasteiger partial charge < -0.3 is 14.4 Å². The van der Waals surface area contributed by atoms with E-state index in [1.807, 2.05) is 17.0 Å². The number of amides is 1. The predicted octanol–water partition coefficient (Wildman–Crippen LogP) is 4.11. The normalized spacial score (nSPS) is 23.0. The largest absolute Gasteiger partial charge is 0.383 e. The second-order valence-electron chi connectivity index (χ2n) is 8.15. The summed E-state index contributed by atoms with van der Waals surface area (Å²) >= 11 is 1.68. The van der Waals surface area contributed by atoms with Crippen molar-refractivity contribution >= 4 is 17.2 Å². The Morgan fingerprint density at radius 3 is 2.70 bits per heavy atom. The van der Waals surface area contributed by atoms with Crippen LogP contribution in [0.25, 0.3) is 0 Å². The van der Waals surface area contributed by atoms with Gasteiger partial charge >= 0.3 is 0 Å². The van der Waals surface area contributed by atoms with Gasteiger partial charge in [-0.05, 0) is 29.9 Å². The number of rotatable bonds is 8. The number of methoxy groups -OCH3 is 1. The lowest BCUT2D eigenvalue weighted by molar-refractivity contribution is -0.160. The lowest BCUT2D eigenvalue weighted by Crippen LogP contribution is -2.55. The molecular formula is C24H32N2O3S. The van der Waals surface area contributed by atoms with Gasteiger partial charge in [-0.3, -0.25) is 9.69 Å². The molecule has 1 aliphatic heterocycles. The van der Waals surface area contributed by atoms with Crippen LogP contribution in [0, 0.1) is 0 Å². The number of ether oxygens (including phenoxy) is 2. The standard InChI is InChI=1S/C24H32N2O3S/c1-28-15-13-25(18-21-12-7-17-30-21)24(27)23-22(19-8-3-2-4-9-19)26(14-16-29-23)20-10-5-6-11-20/h2-4,7-9,12,17,20,22-23H,5-6,10-11,13-16,18H2,1H3/t22-,23+/m0/s1. The van der Waals surface area contributed by atoms with Crippen LogP contribution >= 0.6 is 11.3 Å². The van der Waals surface area contributed by atoms with Crippen molar-refractivity contribution < 1.29 is 14.3 Å². The minimum absolute atomic E-state index is 0.0380. The molecule has 2 aliphatic rings. The van der Waals surface area contributed by atoms with E-state index in [1.165, 1.54) is 36.1 Å². The number of benzene rings is 1. The van der Waals surface area contributed by atoms with E-state index in [4.69, 9.17) is 9.47 Å². The molecule has 2 aromatic rings. The van der Waals surface area contributed by atoms with Gasteiger partial charge in [-0.1, -0.05) is 49.2 Å². The highest BCUT2D eigenvalue weighted by Gasteiger charge is 2.43. The van der Waals surface area contributed by atoms with Crippen LogP contribution < -0.4 is 0 Å². The summed E-state index contributed by atoms with van der Waals surface area (Å²) in [5.41, 5.74) is 1.17. The minimum atomic E-state index is -0.487. The van der Waals surface area contributed by atoms with Gasteiger partial charge in [-0.15, -0.1) is 11.3 Å². The maximum absolute atomic E-state index is 13.8. The van der Waals surface area contributed by atoms with Crippen molar-refractivity contribution in [2.75, 3.05) is 33.4 Å². The molecule has 1 aliphatic carbocycles. The van der Waals surface area contributed by atoms with E-state index in [9.17, 15) is 4.79 Å². The molecule has 162 valence electrons. The van der Waals surface area contributed by atoms with Crippen LogP contribution in [0.3, 0.4) is 0 Å². The number of morpholine rings is 1. The van der Waals surface area contributed by atoms with Crippen molar-refractivity contribution in [3.05, 3.63) is 58.3 Å². The van der Waals surface area contributed by atoms with Crippen molar-refractivity contribution in [3.63, 3.8) is 0 Å². The van der Waals surface area contributed by atoms with E-state index in [-0.39, 0.29) is 11.9 Å². The second kappa shape index (κ2) is 10.5. The first kappa shape index (κ1) is 21.5. The van der Waals surface area contributed by atoms with Crippen LogP contribution in [0.1, 0.15) is 42.2 Å². The molecule has 1 aromatic carbocycles. The Bertz CT molecular complexity index is 777. The quantitative estimate of drug-likeness (QED) is 0.635. The monoisotopic (exact) mass is 428 g/mol. The molecule has 4 rings (SSSR count). The summed E-state index contributed by atoms with van der Waals surface area (Å²) in [6.07, 6.45) is 4.50. The van der Waals surface area contributed by atoms with E-state index >= 15 is 0 Å². The first-order valence-corrected chi connectivity index (χ1v) is 11.9. The molecule has 0 radical (unpaired) electrons. The van der Waals surface area contributed by atoms with Crippen molar-refractivity contribution in [3.8, 4) is 0 Å². The van der Waals surface area contributed by atoms with Crippen LogP contribution in [0.15, 0.2) is 47.8 Å². The van der Waals surface area contributed by atoms with Crippen molar-refractivity contribution in [2.45, 2.75) is 50.4 Å². The number of thiophene rings is 1. The third-order valence-corrected chi connectivity index (χ3v) is 7.13.